The lowest BCUT2D eigenvalue weighted by molar-refractivity contribution is 0.162. The molecular formula is C19H18N6O. The van der Waals surface area contributed by atoms with Gasteiger partial charge in [-0.1, -0.05) is 30.3 Å². The van der Waals surface area contributed by atoms with Crippen LogP contribution in [0.1, 0.15) is 29.7 Å². The van der Waals surface area contributed by atoms with Crippen LogP contribution in [0.5, 0.6) is 0 Å². The SMILES string of the molecule is Cn1ncc2c1[C@@H](O)C[C@H]2Cn1cnc2c(-c3ccccc3)ncnc21. The van der Waals surface area contributed by atoms with Gasteiger partial charge in [0.25, 0.3) is 0 Å². The molecule has 7 nitrogen and oxygen atoms in total. The monoisotopic (exact) mass is 346 g/mol. The van der Waals surface area contributed by atoms with Gasteiger partial charge in [-0.25, -0.2) is 15.0 Å². The summed E-state index contributed by atoms with van der Waals surface area (Å²) in [5.41, 5.74) is 5.49. The summed E-state index contributed by atoms with van der Waals surface area (Å²) in [5.74, 6) is 0.196. The second kappa shape index (κ2) is 5.74. The number of imidazole rings is 1. The Kier molecular flexibility index (Phi) is 3.36. The fourth-order valence-electron chi connectivity index (χ4n) is 3.93. The minimum Gasteiger partial charge on any atom is -0.387 e. The predicted molar refractivity (Wildman–Crippen MR) is 96.3 cm³/mol. The van der Waals surface area contributed by atoms with E-state index in [0.29, 0.717) is 13.0 Å². The summed E-state index contributed by atoms with van der Waals surface area (Å²) in [4.78, 5) is 13.5. The molecule has 0 radical (unpaired) electrons. The molecule has 0 amide bonds. The molecule has 3 aromatic heterocycles. The van der Waals surface area contributed by atoms with Crippen molar-refractivity contribution in [3.05, 3.63) is 60.4 Å². The van der Waals surface area contributed by atoms with Gasteiger partial charge >= 0.3 is 0 Å². The molecule has 7 heteroatoms. The summed E-state index contributed by atoms with van der Waals surface area (Å²) < 4.78 is 3.81. The average Bonchev–Trinajstić information content (AvgIpc) is 3.33. The number of nitrogens with zero attached hydrogens (tertiary/aromatic N) is 6. The first-order valence-electron chi connectivity index (χ1n) is 8.63. The minimum atomic E-state index is -0.466. The van der Waals surface area contributed by atoms with E-state index in [4.69, 9.17) is 0 Å². The van der Waals surface area contributed by atoms with E-state index in [-0.39, 0.29) is 5.92 Å². The second-order valence-corrected chi connectivity index (χ2v) is 6.71. The summed E-state index contributed by atoms with van der Waals surface area (Å²) in [5, 5.41) is 14.6. The second-order valence-electron chi connectivity index (χ2n) is 6.71. The third kappa shape index (κ3) is 2.24. The Morgan fingerprint density at radius 1 is 1.15 bits per heavy atom. The van der Waals surface area contributed by atoms with Crippen molar-refractivity contribution >= 4 is 11.2 Å². The van der Waals surface area contributed by atoms with Crippen LogP contribution in [0, 0.1) is 0 Å². The number of aliphatic hydroxyl groups is 1. The highest BCUT2D eigenvalue weighted by Crippen LogP contribution is 2.41. The van der Waals surface area contributed by atoms with E-state index in [9.17, 15) is 5.11 Å². The van der Waals surface area contributed by atoms with Gasteiger partial charge in [-0.3, -0.25) is 4.68 Å². The summed E-state index contributed by atoms with van der Waals surface area (Å²) in [6.45, 7) is 0.706. The summed E-state index contributed by atoms with van der Waals surface area (Å²) >= 11 is 0. The third-order valence-corrected chi connectivity index (χ3v) is 5.14. The Labute approximate surface area is 150 Å². The molecule has 0 aliphatic heterocycles. The molecule has 0 saturated carbocycles. The van der Waals surface area contributed by atoms with Crippen molar-refractivity contribution in [2.45, 2.75) is 25.0 Å². The van der Waals surface area contributed by atoms with Gasteiger partial charge in [-0.2, -0.15) is 5.10 Å². The van der Waals surface area contributed by atoms with Crippen molar-refractivity contribution in [2.24, 2.45) is 7.05 Å². The van der Waals surface area contributed by atoms with Crippen LogP contribution in [0.25, 0.3) is 22.4 Å². The van der Waals surface area contributed by atoms with Crippen molar-refractivity contribution in [1.82, 2.24) is 29.3 Å². The number of aliphatic hydroxyl groups excluding tert-OH is 1. The molecule has 0 spiro atoms. The van der Waals surface area contributed by atoms with Gasteiger partial charge in [0.05, 0.1) is 24.3 Å². The molecule has 2 atom stereocenters. The molecule has 1 N–H and O–H groups in total. The molecule has 0 saturated heterocycles. The number of benzene rings is 1. The highest BCUT2D eigenvalue weighted by molar-refractivity contribution is 5.86. The maximum absolute atomic E-state index is 10.3. The smallest absolute Gasteiger partial charge is 0.163 e. The van der Waals surface area contributed by atoms with Crippen LogP contribution in [-0.4, -0.2) is 34.4 Å². The highest BCUT2D eigenvalue weighted by Gasteiger charge is 2.33. The number of aromatic nitrogens is 6. The summed E-state index contributed by atoms with van der Waals surface area (Å²) in [6.07, 6.45) is 5.48. The van der Waals surface area contributed by atoms with E-state index in [2.05, 4.69) is 20.1 Å². The van der Waals surface area contributed by atoms with Crippen molar-refractivity contribution in [3.8, 4) is 11.3 Å². The molecule has 0 fully saturated rings. The van der Waals surface area contributed by atoms with Crippen LogP contribution >= 0.6 is 0 Å². The summed E-state index contributed by atoms with van der Waals surface area (Å²) in [6, 6.07) is 10.0. The fraction of sp³-hybridized carbons (Fsp3) is 0.263. The van der Waals surface area contributed by atoms with Crippen molar-refractivity contribution < 1.29 is 5.11 Å². The Morgan fingerprint density at radius 2 is 2.00 bits per heavy atom. The molecule has 4 aromatic rings. The van der Waals surface area contributed by atoms with Gasteiger partial charge in [0.1, 0.15) is 17.5 Å². The van der Waals surface area contributed by atoms with E-state index in [1.165, 1.54) is 0 Å². The van der Waals surface area contributed by atoms with Gasteiger partial charge in [0.15, 0.2) is 5.65 Å². The summed E-state index contributed by atoms with van der Waals surface area (Å²) in [7, 11) is 1.87. The van der Waals surface area contributed by atoms with Crippen LogP contribution < -0.4 is 0 Å². The molecule has 26 heavy (non-hydrogen) atoms. The lowest BCUT2D eigenvalue weighted by Gasteiger charge is -2.11. The number of fused-ring (bicyclic) bond motifs is 2. The van der Waals surface area contributed by atoms with Crippen molar-refractivity contribution in [3.63, 3.8) is 0 Å². The Bertz CT molecular complexity index is 1080. The van der Waals surface area contributed by atoms with Gasteiger partial charge in [-0.05, 0) is 6.42 Å². The molecule has 1 aliphatic rings. The molecular weight excluding hydrogens is 328 g/mol. The van der Waals surface area contributed by atoms with Crippen LogP contribution in [0.15, 0.2) is 49.2 Å². The van der Waals surface area contributed by atoms with E-state index in [0.717, 1.165) is 33.7 Å². The zero-order chi connectivity index (χ0) is 17.7. The first-order chi connectivity index (χ1) is 12.7. The van der Waals surface area contributed by atoms with Crippen molar-refractivity contribution in [2.75, 3.05) is 0 Å². The number of hydrogen-bond acceptors (Lipinski definition) is 5. The quantitative estimate of drug-likeness (QED) is 0.616. The van der Waals surface area contributed by atoms with Crippen LogP contribution in [0.4, 0.5) is 0 Å². The van der Waals surface area contributed by atoms with E-state index in [1.54, 1.807) is 11.0 Å². The molecule has 5 rings (SSSR count). The van der Waals surface area contributed by atoms with E-state index in [1.807, 2.05) is 54.5 Å². The number of aryl methyl sites for hydroxylation is 1. The minimum absolute atomic E-state index is 0.196. The maximum Gasteiger partial charge on any atom is 0.163 e. The largest absolute Gasteiger partial charge is 0.387 e. The first kappa shape index (κ1) is 15.2. The van der Waals surface area contributed by atoms with Crippen molar-refractivity contribution in [1.29, 1.82) is 0 Å². The highest BCUT2D eigenvalue weighted by atomic mass is 16.3. The van der Waals surface area contributed by atoms with Crippen LogP contribution in [-0.2, 0) is 13.6 Å². The van der Waals surface area contributed by atoms with E-state index >= 15 is 0 Å². The lowest BCUT2D eigenvalue weighted by atomic mass is 10.0. The standard InChI is InChI=1S/C19H18N6O/c1-24-18-14(8-23-24)13(7-15(18)26)9-25-11-22-17-16(20-10-21-19(17)25)12-5-3-2-4-6-12/h2-6,8,10-11,13,15,26H,7,9H2,1H3/t13-,15-/m0/s1. The zero-order valence-corrected chi connectivity index (χ0v) is 14.3. The van der Waals surface area contributed by atoms with Gasteiger partial charge in [0.2, 0.25) is 0 Å². The molecule has 3 heterocycles. The molecule has 130 valence electrons. The lowest BCUT2D eigenvalue weighted by Crippen LogP contribution is -2.07. The van der Waals surface area contributed by atoms with Gasteiger partial charge in [0, 0.05) is 30.6 Å². The molecule has 1 aliphatic carbocycles. The normalized spacial score (nSPS) is 19.2. The van der Waals surface area contributed by atoms with Crippen LogP contribution in [0.3, 0.4) is 0 Å². The first-order valence-corrected chi connectivity index (χ1v) is 8.63. The molecule has 0 unspecified atom stereocenters. The third-order valence-electron chi connectivity index (χ3n) is 5.14. The van der Waals surface area contributed by atoms with Crippen LogP contribution in [0.2, 0.25) is 0 Å². The Morgan fingerprint density at radius 3 is 2.85 bits per heavy atom. The molecule has 1 aromatic carbocycles. The molecule has 0 bridgehead atoms. The van der Waals surface area contributed by atoms with E-state index < -0.39 is 6.10 Å². The topological polar surface area (TPSA) is 81.6 Å². The number of hydrogen-bond donors (Lipinski definition) is 1. The number of rotatable bonds is 3. The fourth-order valence-corrected chi connectivity index (χ4v) is 3.93. The maximum atomic E-state index is 10.3. The predicted octanol–water partition coefficient (Wildman–Crippen LogP) is 2.45. The van der Waals surface area contributed by atoms with Gasteiger partial charge < -0.3 is 9.67 Å². The Hall–Kier alpha value is -3.06. The zero-order valence-electron chi connectivity index (χ0n) is 14.3. The average molecular weight is 346 g/mol. The Balaban J connectivity index is 1.54. The van der Waals surface area contributed by atoms with Gasteiger partial charge in [-0.15, -0.1) is 0 Å².